The van der Waals surface area contributed by atoms with Crippen molar-refractivity contribution in [3.63, 3.8) is 0 Å². The highest BCUT2D eigenvalue weighted by Crippen LogP contribution is 2.32. The van der Waals surface area contributed by atoms with Crippen LogP contribution < -0.4 is 5.32 Å². The van der Waals surface area contributed by atoms with Crippen molar-refractivity contribution in [3.8, 4) is 11.4 Å². The fraction of sp³-hybridized carbons (Fsp3) is 0.214. The minimum Gasteiger partial charge on any atom is -0.348 e. The summed E-state index contributed by atoms with van der Waals surface area (Å²) in [7, 11) is 0. The topological polar surface area (TPSA) is 89.6 Å². The molecule has 0 aliphatic rings. The lowest BCUT2D eigenvalue weighted by atomic mass is 10.1. The normalized spacial score (nSPS) is 12.8. The summed E-state index contributed by atoms with van der Waals surface area (Å²) in [5.41, 5.74) is 1.08. The van der Waals surface area contributed by atoms with Crippen LogP contribution in [0.3, 0.4) is 0 Å². The van der Waals surface area contributed by atoms with Gasteiger partial charge in [-0.15, -0.1) is 0 Å². The highest BCUT2D eigenvalue weighted by molar-refractivity contribution is 6.31. The van der Waals surface area contributed by atoms with Crippen molar-refractivity contribution in [1.29, 1.82) is 0 Å². The van der Waals surface area contributed by atoms with E-state index in [1.165, 1.54) is 12.4 Å². The number of aromatic nitrogens is 5. The van der Waals surface area contributed by atoms with Crippen molar-refractivity contribution in [1.82, 2.24) is 25.1 Å². The van der Waals surface area contributed by atoms with Gasteiger partial charge in [-0.05, 0) is 24.6 Å². The summed E-state index contributed by atoms with van der Waals surface area (Å²) in [5, 5.41) is 3.31. The third-order valence-electron chi connectivity index (χ3n) is 3.19. The van der Waals surface area contributed by atoms with Gasteiger partial charge >= 0.3 is 11.3 Å². The minimum atomic E-state index is -3.73. The number of alkyl halides is 3. The average Bonchev–Trinajstić information content (AvgIpc) is 3.06. The molecule has 0 aliphatic heterocycles. The molecule has 3 rings (SSSR count). The fourth-order valence-corrected chi connectivity index (χ4v) is 2.30. The molecule has 0 amide bonds. The highest BCUT2D eigenvalue weighted by Gasteiger charge is 2.35. The lowest BCUT2D eigenvalue weighted by molar-refractivity contribution is 0.0551. The maximum absolute atomic E-state index is 12.9. The molecule has 0 saturated carbocycles. The first-order valence-electron chi connectivity index (χ1n) is 6.94. The fourth-order valence-electron chi connectivity index (χ4n) is 1.95. The third kappa shape index (κ3) is 3.99. The number of anilines is 1. The molecule has 0 bridgehead atoms. The molecule has 1 unspecified atom stereocenters. The predicted molar refractivity (Wildman–Crippen MR) is 86.4 cm³/mol. The van der Waals surface area contributed by atoms with Crippen molar-refractivity contribution in [2.24, 2.45) is 0 Å². The third-order valence-corrected chi connectivity index (χ3v) is 3.69. The number of nitrogens with one attached hydrogen (secondary N) is 1. The molecule has 0 radical (unpaired) electrons. The average molecular weight is 387 g/mol. The van der Waals surface area contributed by atoms with E-state index in [4.69, 9.17) is 23.2 Å². The lowest BCUT2D eigenvalue weighted by Gasteiger charge is -2.14. The van der Waals surface area contributed by atoms with Crippen LogP contribution in [0.15, 0.2) is 35.4 Å². The minimum absolute atomic E-state index is 0.0924. The van der Waals surface area contributed by atoms with Crippen LogP contribution in [-0.2, 0) is 5.38 Å². The maximum atomic E-state index is 12.9. The Morgan fingerprint density at radius 3 is 2.56 bits per heavy atom. The Morgan fingerprint density at radius 2 is 1.96 bits per heavy atom. The van der Waals surface area contributed by atoms with E-state index in [9.17, 15) is 8.78 Å². The van der Waals surface area contributed by atoms with Crippen LogP contribution in [0.5, 0.6) is 0 Å². The summed E-state index contributed by atoms with van der Waals surface area (Å²) in [5.74, 6) is -0.779. The van der Waals surface area contributed by atoms with E-state index in [0.29, 0.717) is 16.5 Å². The molecule has 0 fully saturated rings. The van der Waals surface area contributed by atoms with Gasteiger partial charge in [-0.25, -0.2) is 9.97 Å². The molecule has 3 heterocycles. The number of nitrogens with zero attached hydrogens (tertiary/aromatic N) is 5. The first kappa shape index (κ1) is 17.4. The van der Waals surface area contributed by atoms with Gasteiger partial charge < -0.3 is 9.84 Å². The Labute approximate surface area is 150 Å². The molecule has 1 atom stereocenters. The second-order valence-electron chi connectivity index (χ2n) is 4.98. The summed E-state index contributed by atoms with van der Waals surface area (Å²) >= 11 is 10.9. The van der Waals surface area contributed by atoms with E-state index in [-0.39, 0.29) is 11.9 Å². The van der Waals surface area contributed by atoms with Gasteiger partial charge in [0.1, 0.15) is 0 Å². The van der Waals surface area contributed by atoms with Crippen molar-refractivity contribution >= 4 is 29.2 Å². The predicted octanol–water partition coefficient (Wildman–Crippen LogP) is 4.04. The number of hydrogen-bond acceptors (Lipinski definition) is 7. The number of halogens is 4. The molecule has 0 spiro atoms. The Morgan fingerprint density at radius 1 is 1.24 bits per heavy atom. The Kier molecular flexibility index (Phi) is 4.78. The van der Waals surface area contributed by atoms with E-state index in [1.807, 2.05) is 6.92 Å². The van der Waals surface area contributed by atoms with Gasteiger partial charge in [-0.3, -0.25) is 4.98 Å². The largest absolute Gasteiger partial charge is 0.400 e. The molecule has 3 aromatic rings. The number of rotatable bonds is 5. The van der Waals surface area contributed by atoms with Gasteiger partial charge in [-0.1, -0.05) is 16.8 Å². The van der Waals surface area contributed by atoms with E-state index >= 15 is 0 Å². The molecule has 7 nitrogen and oxygen atoms in total. The van der Waals surface area contributed by atoms with Gasteiger partial charge in [0, 0.05) is 35.4 Å². The van der Waals surface area contributed by atoms with E-state index < -0.39 is 11.3 Å². The summed E-state index contributed by atoms with van der Waals surface area (Å²) in [6.07, 6.45) is 5.97. The van der Waals surface area contributed by atoms with E-state index in [1.54, 1.807) is 18.5 Å². The van der Waals surface area contributed by atoms with Crippen LogP contribution in [0.1, 0.15) is 24.4 Å². The van der Waals surface area contributed by atoms with Gasteiger partial charge in [0.05, 0.1) is 11.6 Å². The second kappa shape index (κ2) is 6.85. The molecular weight excluding hydrogens is 377 g/mol. The lowest BCUT2D eigenvalue weighted by Crippen LogP contribution is -2.10. The summed E-state index contributed by atoms with van der Waals surface area (Å²) < 4.78 is 30.2. The number of hydrogen-bond donors (Lipinski definition) is 1. The summed E-state index contributed by atoms with van der Waals surface area (Å²) in [4.78, 5) is 15.7. The van der Waals surface area contributed by atoms with Crippen molar-refractivity contribution in [2.75, 3.05) is 5.32 Å². The molecule has 11 heteroatoms. The summed E-state index contributed by atoms with van der Waals surface area (Å²) in [6, 6.07) is 1.48. The zero-order valence-electron chi connectivity index (χ0n) is 12.6. The van der Waals surface area contributed by atoms with Crippen molar-refractivity contribution < 1.29 is 13.3 Å². The quantitative estimate of drug-likeness (QED) is 0.661. The molecule has 25 heavy (non-hydrogen) atoms. The molecule has 0 aliphatic carbocycles. The van der Waals surface area contributed by atoms with Crippen molar-refractivity contribution in [3.05, 3.63) is 47.3 Å². The SMILES string of the molecule is CC(Nc1ncc(-c2noc(C(F)(F)Cl)n2)cn1)c1cnccc1Cl. The van der Waals surface area contributed by atoms with E-state index in [2.05, 4.69) is 34.9 Å². The molecule has 0 saturated heterocycles. The van der Waals surface area contributed by atoms with Gasteiger partial charge in [-0.2, -0.15) is 13.8 Å². The first-order chi connectivity index (χ1) is 11.8. The Balaban J connectivity index is 1.74. The van der Waals surface area contributed by atoms with Gasteiger partial charge in [0.2, 0.25) is 11.8 Å². The van der Waals surface area contributed by atoms with Crippen LogP contribution in [0.4, 0.5) is 14.7 Å². The number of pyridine rings is 1. The second-order valence-corrected chi connectivity index (χ2v) is 5.86. The molecule has 3 aromatic heterocycles. The standard InChI is InChI=1S/C14H10Cl2F2N6O/c1-7(9-6-19-3-2-10(9)15)22-13-20-4-8(5-21-13)11-23-12(25-24-11)14(16,17)18/h2-7H,1H3,(H,20,21,22). The van der Waals surface area contributed by atoms with Gasteiger partial charge in [0.25, 0.3) is 0 Å². The van der Waals surface area contributed by atoms with Crippen LogP contribution in [0.25, 0.3) is 11.4 Å². The van der Waals surface area contributed by atoms with Crippen LogP contribution >= 0.6 is 23.2 Å². The smallest absolute Gasteiger partial charge is 0.348 e. The van der Waals surface area contributed by atoms with Crippen LogP contribution in [0, 0.1) is 0 Å². The monoisotopic (exact) mass is 386 g/mol. The molecule has 0 aromatic carbocycles. The zero-order valence-corrected chi connectivity index (χ0v) is 14.1. The zero-order chi connectivity index (χ0) is 18.0. The molecular formula is C14H10Cl2F2N6O. The Hall–Kier alpha value is -2.39. The van der Waals surface area contributed by atoms with E-state index in [0.717, 1.165) is 5.56 Å². The molecule has 1 N–H and O–H groups in total. The van der Waals surface area contributed by atoms with Crippen LogP contribution in [0.2, 0.25) is 5.02 Å². The Bertz CT molecular complexity index is 868. The maximum Gasteiger partial charge on any atom is 0.400 e. The van der Waals surface area contributed by atoms with Crippen LogP contribution in [-0.4, -0.2) is 25.1 Å². The first-order valence-corrected chi connectivity index (χ1v) is 7.69. The van der Waals surface area contributed by atoms with Gasteiger partial charge in [0.15, 0.2) is 0 Å². The molecule has 130 valence electrons. The van der Waals surface area contributed by atoms with Crippen molar-refractivity contribution in [2.45, 2.75) is 18.3 Å². The highest BCUT2D eigenvalue weighted by atomic mass is 35.5. The summed E-state index contributed by atoms with van der Waals surface area (Å²) in [6.45, 7) is 1.87.